The average Bonchev–Trinajstić information content (AvgIpc) is 3.23. The lowest BCUT2D eigenvalue weighted by Crippen LogP contribution is -2.04. The number of rotatable bonds is 7. The quantitative estimate of drug-likeness (QED) is 0.263. The van der Waals surface area contributed by atoms with Crippen LogP contribution in [-0.4, -0.2) is 31.1 Å². The molecule has 5 nitrogen and oxygen atoms in total. The molecule has 0 amide bonds. The van der Waals surface area contributed by atoms with Crippen molar-refractivity contribution < 1.29 is 0 Å². The molecule has 1 aliphatic carbocycles. The second kappa shape index (κ2) is 11.0. The van der Waals surface area contributed by atoms with Crippen molar-refractivity contribution in [3.8, 4) is 33.8 Å². The Hall–Kier alpha value is -4.64. The Labute approximate surface area is 218 Å². The van der Waals surface area contributed by atoms with Gasteiger partial charge in [0.2, 0.25) is 0 Å². The molecule has 4 aromatic rings. The number of benzene rings is 3. The van der Waals surface area contributed by atoms with E-state index in [1.807, 2.05) is 39.3 Å². The fourth-order valence-corrected chi connectivity index (χ4v) is 4.49. The average molecular weight is 486 g/mol. The zero-order valence-corrected chi connectivity index (χ0v) is 21.4. The van der Waals surface area contributed by atoms with Crippen molar-refractivity contribution in [3.63, 3.8) is 0 Å². The molecule has 3 N–H and O–H groups in total. The van der Waals surface area contributed by atoms with Crippen LogP contribution in [0.15, 0.2) is 109 Å². The van der Waals surface area contributed by atoms with E-state index < -0.39 is 0 Å². The van der Waals surface area contributed by atoms with Gasteiger partial charge in [-0.3, -0.25) is 0 Å². The Morgan fingerprint density at radius 1 is 0.595 bits per heavy atom. The number of anilines is 2. The first kappa shape index (κ1) is 24.1. The van der Waals surface area contributed by atoms with Gasteiger partial charge in [-0.05, 0) is 42.3 Å². The van der Waals surface area contributed by atoms with Crippen LogP contribution >= 0.6 is 0 Å². The molecule has 0 atom stereocenters. The summed E-state index contributed by atoms with van der Waals surface area (Å²) < 4.78 is 0. The van der Waals surface area contributed by atoms with Crippen LogP contribution in [0.1, 0.15) is 12.1 Å². The summed E-state index contributed by atoms with van der Waals surface area (Å²) in [7, 11) is 5.80. The minimum Gasteiger partial charge on any atom is -0.388 e. The molecule has 0 spiro atoms. The van der Waals surface area contributed by atoms with Gasteiger partial charge < -0.3 is 16.0 Å². The smallest absolute Gasteiger partial charge is 0.0974 e. The molecule has 1 heterocycles. The van der Waals surface area contributed by atoms with Gasteiger partial charge in [-0.25, -0.2) is 9.97 Å². The molecule has 1 aromatic heterocycles. The van der Waals surface area contributed by atoms with E-state index in [1.54, 1.807) is 0 Å². The van der Waals surface area contributed by atoms with Gasteiger partial charge >= 0.3 is 0 Å². The molecule has 0 radical (unpaired) electrons. The SMILES string of the molecule is CNC1=CCC(c2nc(-c3ccccc3)c(-c3cccc(NC)c3)nc2-c2cccc(NC)c2)=CC=C1. The summed E-state index contributed by atoms with van der Waals surface area (Å²) in [5.41, 5.74) is 10.8. The van der Waals surface area contributed by atoms with Crippen LogP contribution < -0.4 is 16.0 Å². The van der Waals surface area contributed by atoms with Gasteiger partial charge in [0, 0.05) is 54.9 Å². The molecule has 0 unspecified atom stereocenters. The molecule has 0 saturated carbocycles. The normalized spacial score (nSPS) is 12.8. The van der Waals surface area contributed by atoms with Crippen molar-refractivity contribution in [2.24, 2.45) is 0 Å². The molecule has 0 bridgehead atoms. The second-order valence-electron chi connectivity index (χ2n) is 8.81. The van der Waals surface area contributed by atoms with Gasteiger partial charge in [-0.15, -0.1) is 0 Å². The van der Waals surface area contributed by atoms with Gasteiger partial charge in [0.25, 0.3) is 0 Å². The lowest BCUT2D eigenvalue weighted by molar-refractivity contribution is 1.02. The van der Waals surface area contributed by atoms with Crippen LogP contribution in [-0.2, 0) is 0 Å². The summed E-state index contributed by atoms with van der Waals surface area (Å²) in [5, 5.41) is 9.76. The van der Waals surface area contributed by atoms with Crippen LogP contribution in [0.5, 0.6) is 0 Å². The Morgan fingerprint density at radius 2 is 1.16 bits per heavy atom. The van der Waals surface area contributed by atoms with Crippen molar-refractivity contribution in [1.29, 1.82) is 0 Å². The third-order valence-electron chi connectivity index (χ3n) is 6.50. The van der Waals surface area contributed by atoms with Crippen molar-refractivity contribution in [3.05, 3.63) is 115 Å². The largest absolute Gasteiger partial charge is 0.388 e. The highest BCUT2D eigenvalue weighted by atomic mass is 14.9. The minimum atomic E-state index is 0.749. The molecule has 5 heteroatoms. The van der Waals surface area contributed by atoms with Crippen LogP contribution in [0.2, 0.25) is 0 Å². The molecule has 0 saturated heterocycles. The Balaban J connectivity index is 1.81. The number of nitrogens with zero attached hydrogens (tertiary/aromatic N) is 2. The standard InChI is InChI=1S/C32H31N5/c1-33-26-15-7-12-23(18-19-26)30-32(25-14-9-17-28(21-25)35-3)37-31(24-13-8-16-27(20-24)34-2)29(36-30)22-10-5-4-6-11-22/h4-17,19-21,33-35H,18H2,1-3H3. The van der Waals surface area contributed by atoms with Crippen molar-refractivity contribution >= 4 is 16.9 Å². The van der Waals surface area contributed by atoms with E-state index in [-0.39, 0.29) is 0 Å². The molecular formula is C32H31N5. The van der Waals surface area contributed by atoms with Crippen LogP contribution in [0.4, 0.5) is 11.4 Å². The van der Waals surface area contributed by atoms with E-state index in [9.17, 15) is 0 Å². The Kier molecular flexibility index (Phi) is 7.13. The summed E-state index contributed by atoms with van der Waals surface area (Å²) >= 11 is 0. The highest BCUT2D eigenvalue weighted by Crippen LogP contribution is 2.37. The van der Waals surface area contributed by atoms with Crippen molar-refractivity contribution in [1.82, 2.24) is 15.3 Å². The van der Waals surface area contributed by atoms with E-state index >= 15 is 0 Å². The third kappa shape index (κ3) is 5.16. The van der Waals surface area contributed by atoms with Crippen LogP contribution in [0, 0.1) is 0 Å². The lowest BCUT2D eigenvalue weighted by Gasteiger charge is -2.18. The van der Waals surface area contributed by atoms with E-state index in [2.05, 4.69) is 101 Å². The van der Waals surface area contributed by atoms with E-state index in [4.69, 9.17) is 9.97 Å². The number of nitrogens with one attached hydrogen (secondary N) is 3. The summed E-state index contributed by atoms with van der Waals surface area (Å²) in [6.45, 7) is 0. The molecule has 0 aliphatic heterocycles. The molecule has 3 aromatic carbocycles. The summed E-state index contributed by atoms with van der Waals surface area (Å²) in [6.07, 6.45) is 9.24. The van der Waals surface area contributed by atoms with E-state index in [1.165, 1.54) is 0 Å². The molecule has 1 aliphatic rings. The van der Waals surface area contributed by atoms with Gasteiger partial charge in [-0.2, -0.15) is 0 Å². The number of allylic oxidation sites excluding steroid dienone is 5. The number of hydrogen-bond acceptors (Lipinski definition) is 5. The molecular weight excluding hydrogens is 454 g/mol. The van der Waals surface area contributed by atoms with Crippen molar-refractivity contribution in [2.75, 3.05) is 31.8 Å². The lowest BCUT2D eigenvalue weighted by atomic mass is 9.97. The maximum Gasteiger partial charge on any atom is 0.0974 e. The number of likely N-dealkylation sites (N-methyl/N-ethyl adjacent to an activating group) is 1. The molecule has 184 valence electrons. The number of hydrogen-bond donors (Lipinski definition) is 3. The molecule has 37 heavy (non-hydrogen) atoms. The summed E-state index contributed by atoms with van der Waals surface area (Å²) in [4.78, 5) is 10.7. The van der Waals surface area contributed by atoms with Crippen LogP contribution in [0.3, 0.4) is 0 Å². The maximum atomic E-state index is 5.37. The highest BCUT2D eigenvalue weighted by Gasteiger charge is 2.21. The predicted octanol–water partition coefficient (Wildman–Crippen LogP) is 7.01. The fourth-order valence-electron chi connectivity index (χ4n) is 4.49. The van der Waals surface area contributed by atoms with Gasteiger partial charge in [-0.1, -0.05) is 72.8 Å². The monoisotopic (exact) mass is 485 g/mol. The van der Waals surface area contributed by atoms with Gasteiger partial charge in [0.15, 0.2) is 0 Å². The van der Waals surface area contributed by atoms with Gasteiger partial charge in [0.05, 0.1) is 22.8 Å². The highest BCUT2D eigenvalue weighted by molar-refractivity contribution is 5.87. The zero-order chi connectivity index (χ0) is 25.6. The van der Waals surface area contributed by atoms with E-state index in [0.717, 1.165) is 68.5 Å². The number of aromatic nitrogens is 2. The first-order valence-corrected chi connectivity index (χ1v) is 12.5. The third-order valence-corrected chi connectivity index (χ3v) is 6.50. The summed E-state index contributed by atoms with van der Waals surface area (Å²) in [6, 6.07) is 27.0. The van der Waals surface area contributed by atoms with Crippen molar-refractivity contribution in [2.45, 2.75) is 6.42 Å². The first-order valence-electron chi connectivity index (χ1n) is 12.5. The molecule has 0 fully saturated rings. The topological polar surface area (TPSA) is 61.9 Å². The van der Waals surface area contributed by atoms with E-state index in [0.29, 0.717) is 0 Å². The molecule has 5 rings (SSSR count). The Morgan fingerprint density at radius 3 is 1.78 bits per heavy atom. The maximum absolute atomic E-state index is 5.37. The minimum absolute atomic E-state index is 0.749. The fraction of sp³-hybridized carbons (Fsp3) is 0.125. The van der Waals surface area contributed by atoms with Crippen LogP contribution in [0.25, 0.3) is 39.3 Å². The zero-order valence-electron chi connectivity index (χ0n) is 21.4. The predicted molar refractivity (Wildman–Crippen MR) is 156 cm³/mol. The van der Waals surface area contributed by atoms with Gasteiger partial charge in [0.1, 0.15) is 0 Å². The first-order chi connectivity index (χ1) is 18.2. The summed E-state index contributed by atoms with van der Waals surface area (Å²) in [5.74, 6) is 0. The second-order valence-corrected chi connectivity index (χ2v) is 8.81. The Bertz CT molecular complexity index is 1500.